The largest absolute Gasteiger partial charge is 0.465 e. The average molecular weight is 473 g/mol. The molecule has 0 saturated carbocycles. The van der Waals surface area contributed by atoms with Gasteiger partial charge in [0.1, 0.15) is 0 Å². The summed E-state index contributed by atoms with van der Waals surface area (Å²) in [6, 6.07) is 6.20. The Kier molecular flexibility index (Phi) is 19.0. The summed E-state index contributed by atoms with van der Waals surface area (Å²) in [4.78, 5) is 12.6. The molecule has 0 atom stereocenters. The molecule has 0 amide bonds. The molecule has 0 fully saturated rings. The normalized spacial score (nSPS) is 11.3. The Hall–Kier alpha value is -1.31. The van der Waals surface area contributed by atoms with Gasteiger partial charge in [0.2, 0.25) is 0 Å². The lowest BCUT2D eigenvalue weighted by Gasteiger charge is -2.18. The van der Waals surface area contributed by atoms with Gasteiger partial charge < -0.3 is 4.74 Å². The highest BCUT2D eigenvalue weighted by molar-refractivity contribution is 5.73. The van der Waals surface area contributed by atoms with E-state index in [1.165, 1.54) is 127 Å². The number of carbonyl (C=O) groups excluding carboxylic acids is 1. The van der Waals surface area contributed by atoms with Gasteiger partial charge in [0.25, 0.3) is 0 Å². The van der Waals surface area contributed by atoms with Gasteiger partial charge in [-0.3, -0.25) is 4.79 Å². The fraction of sp³-hybridized carbons (Fsp3) is 0.781. The van der Waals surface area contributed by atoms with Crippen LogP contribution >= 0.6 is 0 Å². The number of aryl methyl sites for hydroxylation is 1. The summed E-state index contributed by atoms with van der Waals surface area (Å²) in [6.07, 6.45) is 24.5. The summed E-state index contributed by atoms with van der Waals surface area (Å²) in [5, 5.41) is 0. The van der Waals surface area contributed by atoms with E-state index >= 15 is 0 Å². The minimum absolute atomic E-state index is 0.0643. The zero-order valence-corrected chi connectivity index (χ0v) is 23.3. The van der Waals surface area contributed by atoms with Crippen molar-refractivity contribution in [2.75, 3.05) is 6.61 Å². The second-order valence-electron chi connectivity index (χ2n) is 10.6. The molecule has 0 unspecified atom stereocenters. The van der Waals surface area contributed by atoms with E-state index in [1.54, 1.807) is 0 Å². The molecule has 1 rings (SSSR count). The molecule has 0 heterocycles. The number of ether oxygens (including phenoxy) is 1. The lowest BCUT2D eigenvalue weighted by molar-refractivity contribution is -0.144. The van der Waals surface area contributed by atoms with Gasteiger partial charge in [-0.25, -0.2) is 0 Å². The summed E-state index contributed by atoms with van der Waals surface area (Å²) >= 11 is 0. The van der Waals surface area contributed by atoms with Crippen molar-refractivity contribution in [2.24, 2.45) is 5.92 Å². The van der Waals surface area contributed by atoms with Crippen LogP contribution in [0.5, 0.6) is 0 Å². The number of esters is 1. The molecule has 34 heavy (non-hydrogen) atoms. The van der Waals surface area contributed by atoms with Crippen LogP contribution in [0.15, 0.2) is 18.2 Å². The molecule has 0 N–H and O–H groups in total. The monoisotopic (exact) mass is 472 g/mol. The predicted octanol–water partition coefficient (Wildman–Crippen LogP) is 10.1. The third-order valence-corrected chi connectivity index (χ3v) is 7.46. The van der Waals surface area contributed by atoms with E-state index in [0.29, 0.717) is 18.9 Å². The van der Waals surface area contributed by atoms with Crippen LogP contribution in [0.2, 0.25) is 0 Å². The van der Waals surface area contributed by atoms with E-state index in [9.17, 15) is 4.79 Å². The first-order valence-corrected chi connectivity index (χ1v) is 14.8. The Bertz CT molecular complexity index is 601. The van der Waals surface area contributed by atoms with Crippen LogP contribution in [0.25, 0.3) is 0 Å². The second-order valence-corrected chi connectivity index (χ2v) is 10.6. The quantitative estimate of drug-likeness (QED) is 0.124. The van der Waals surface area contributed by atoms with Crippen molar-refractivity contribution in [2.45, 2.75) is 150 Å². The number of unbranched alkanes of at least 4 members (excludes halogenated alkanes) is 14. The van der Waals surface area contributed by atoms with Gasteiger partial charge in [0.15, 0.2) is 0 Å². The molecule has 0 saturated heterocycles. The van der Waals surface area contributed by atoms with Crippen LogP contribution in [0, 0.1) is 19.8 Å². The van der Waals surface area contributed by atoms with Crippen LogP contribution in [0.4, 0.5) is 0 Å². The molecule has 2 heteroatoms. The highest BCUT2D eigenvalue weighted by Gasteiger charge is 2.14. The summed E-state index contributed by atoms with van der Waals surface area (Å²) in [5.74, 6) is 0.466. The number of benzene rings is 1. The molecule has 1 aromatic carbocycles. The van der Waals surface area contributed by atoms with Crippen LogP contribution < -0.4 is 0 Å². The maximum Gasteiger partial charge on any atom is 0.310 e. The van der Waals surface area contributed by atoms with Crippen LogP contribution in [-0.2, 0) is 16.0 Å². The predicted molar refractivity (Wildman–Crippen MR) is 149 cm³/mol. The Labute approximate surface area is 212 Å². The van der Waals surface area contributed by atoms with E-state index in [2.05, 4.69) is 39.8 Å². The third-order valence-electron chi connectivity index (χ3n) is 7.46. The van der Waals surface area contributed by atoms with Crippen molar-refractivity contribution in [1.29, 1.82) is 0 Å². The minimum atomic E-state index is -0.0643. The fourth-order valence-electron chi connectivity index (χ4n) is 4.87. The summed E-state index contributed by atoms with van der Waals surface area (Å²) in [5.41, 5.74) is 3.56. The molecule has 0 radical (unpaired) electrons. The van der Waals surface area contributed by atoms with Crippen LogP contribution in [0.1, 0.15) is 146 Å². The maximum absolute atomic E-state index is 12.6. The van der Waals surface area contributed by atoms with Gasteiger partial charge in [0, 0.05) is 0 Å². The lowest BCUT2D eigenvalue weighted by Crippen LogP contribution is -2.16. The molecule has 0 spiro atoms. The molecule has 0 aliphatic carbocycles. The molecular formula is C32H56O2. The zero-order chi connectivity index (χ0) is 24.9. The molecule has 0 aliphatic heterocycles. The first kappa shape index (κ1) is 30.7. The van der Waals surface area contributed by atoms with E-state index < -0.39 is 0 Å². The molecule has 1 aromatic rings. The molecule has 196 valence electrons. The molecule has 2 nitrogen and oxygen atoms in total. The highest BCUT2D eigenvalue weighted by Crippen LogP contribution is 2.21. The van der Waals surface area contributed by atoms with Gasteiger partial charge in [-0.2, -0.15) is 0 Å². The summed E-state index contributed by atoms with van der Waals surface area (Å²) in [6.45, 7) is 9.37. The summed E-state index contributed by atoms with van der Waals surface area (Å²) < 4.78 is 5.81. The van der Waals surface area contributed by atoms with Gasteiger partial charge in [-0.15, -0.1) is 0 Å². The van der Waals surface area contributed by atoms with Crippen molar-refractivity contribution in [3.8, 4) is 0 Å². The number of hydrogen-bond acceptors (Lipinski definition) is 2. The Balaban J connectivity index is 2.35. The van der Waals surface area contributed by atoms with Crippen molar-refractivity contribution < 1.29 is 9.53 Å². The summed E-state index contributed by atoms with van der Waals surface area (Å²) in [7, 11) is 0. The first-order chi connectivity index (χ1) is 16.6. The van der Waals surface area contributed by atoms with E-state index in [1.807, 2.05) is 6.07 Å². The smallest absolute Gasteiger partial charge is 0.310 e. The topological polar surface area (TPSA) is 26.3 Å². The van der Waals surface area contributed by atoms with Crippen molar-refractivity contribution >= 4 is 5.97 Å². The SMILES string of the molecule is CCCCCCCCCCC(CCCCCCCCCC)COC(=O)Cc1cccc(C)c1C. The molecule has 0 bridgehead atoms. The van der Waals surface area contributed by atoms with Crippen molar-refractivity contribution in [3.05, 3.63) is 34.9 Å². The Morgan fingerprint density at radius 3 is 1.68 bits per heavy atom. The second kappa shape index (κ2) is 21.0. The number of carbonyl (C=O) groups is 1. The standard InChI is InChI=1S/C32H56O2/c1-5-7-9-11-13-15-17-19-23-30(24-20-18-16-14-12-10-8-6-2)27-34-32(33)26-31-25-21-22-28(3)29(31)4/h21-22,25,30H,5-20,23-24,26-27H2,1-4H3. The molecular weight excluding hydrogens is 416 g/mol. The number of hydrogen-bond donors (Lipinski definition) is 0. The zero-order valence-electron chi connectivity index (χ0n) is 23.3. The third kappa shape index (κ3) is 15.6. The molecule has 0 aliphatic rings. The minimum Gasteiger partial charge on any atom is -0.465 e. The van der Waals surface area contributed by atoms with E-state index in [4.69, 9.17) is 4.74 Å². The van der Waals surface area contributed by atoms with Crippen LogP contribution in [0.3, 0.4) is 0 Å². The Morgan fingerprint density at radius 1 is 0.706 bits per heavy atom. The van der Waals surface area contributed by atoms with Gasteiger partial charge in [-0.1, -0.05) is 135 Å². The molecule has 0 aromatic heterocycles. The average Bonchev–Trinajstić information content (AvgIpc) is 2.83. The number of rotatable bonds is 22. The van der Waals surface area contributed by atoms with Gasteiger partial charge >= 0.3 is 5.97 Å². The van der Waals surface area contributed by atoms with Crippen molar-refractivity contribution in [1.82, 2.24) is 0 Å². The Morgan fingerprint density at radius 2 is 1.18 bits per heavy atom. The fourth-order valence-corrected chi connectivity index (χ4v) is 4.87. The van der Waals surface area contributed by atoms with Gasteiger partial charge in [-0.05, 0) is 49.3 Å². The first-order valence-electron chi connectivity index (χ1n) is 14.8. The van der Waals surface area contributed by atoms with Gasteiger partial charge in [0.05, 0.1) is 13.0 Å². The van der Waals surface area contributed by atoms with E-state index in [0.717, 1.165) is 5.56 Å². The lowest BCUT2D eigenvalue weighted by atomic mass is 9.94. The van der Waals surface area contributed by atoms with Crippen molar-refractivity contribution in [3.63, 3.8) is 0 Å². The maximum atomic E-state index is 12.6. The highest BCUT2D eigenvalue weighted by atomic mass is 16.5. The van der Waals surface area contributed by atoms with E-state index in [-0.39, 0.29) is 5.97 Å². The van der Waals surface area contributed by atoms with Crippen LogP contribution in [-0.4, -0.2) is 12.6 Å².